The number of hydrogen-bond donors (Lipinski definition) is 1. The normalized spacial score (nSPS) is 17.1. The summed E-state index contributed by atoms with van der Waals surface area (Å²) < 4.78 is 13.4. The molecule has 0 heterocycles. The van der Waals surface area contributed by atoms with E-state index in [1.54, 1.807) is 25.1 Å². The van der Waals surface area contributed by atoms with Gasteiger partial charge in [-0.3, -0.25) is 9.69 Å². The Labute approximate surface area is 125 Å². The van der Waals surface area contributed by atoms with Crippen LogP contribution in [0.25, 0.3) is 0 Å². The van der Waals surface area contributed by atoms with E-state index in [2.05, 4.69) is 6.58 Å². The van der Waals surface area contributed by atoms with Crippen LogP contribution in [-0.2, 0) is 4.79 Å². The van der Waals surface area contributed by atoms with Gasteiger partial charge in [-0.15, -0.1) is 6.58 Å². The number of carbonyl (C=O) groups is 1. The Hall–Kier alpha value is -1.68. The first-order chi connectivity index (χ1) is 10.0. The van der Waals surface area contributed by atoms with Crippen molar-refractivity contribution < 1.29 is 14.3 Å². The molecule has 1 aromatic carbocycles. The van der Waals surface area contributed by atoms with Gasteiger partial charge in [-0.05, 0) is 37.0 Å². The fourth-order valence-electron chi connectivity index (χ4n) is 3.16. The van der Waals surface area contributed by atoms with E-state index in [1.165, 1.54) is 6.07 Å². The molecule has 0 saturated heterocycles. The van der Waals surface area contributed by atoms with Gasteiger partial charge in [0.15, 0.2) is 0 Å². The highest BCUT2D eigenvalue weighted by atomic mass is 19.1. The average molecular weight is 291 g/mol. The van der Waals surface area contributed by atoms with Crippen LogP contribution < -0.4 is 0 Å². The topological polar surface area (TPSA) is 40.5 Å². The first-order valence-corrected chi connectivity index (χ1v) is 7.40. The Morgan fingerprint density at radius 2 is 2.19 bits per heavy atom. The molecule has 114 valence electrons. The van der Waals surface area contributed by atoms with Gasteiger partial charge < -0.3 is 5.11 Å². The maximum atomic E-state index is 13.4. The molecule has 3 nitrogen and oxygen atoms in total. The zero-order chi connectivity index (χ0) is 15.4. The van der Waals surface area contributed by atoms with E-state index in [-0.39, 0.29) is 11.9 Å². The summed E-state index contributed by atoms with van der Waals surface area (Å²) in [6.07, 6.45) is 6.03. The quantitative estimate of drug-likeness (QED) is 0.813. The molecule has 0 radical (unpaired) electrons. The van der Waals surface area contributed by atoms with Crippen LogP contribution in [0.3, 0.4) is 0 Å². The Bertz CT molecular complexity index is 524. The molecule has 1 atom stereocenters. The average Bonchev–Trinajstić information content (AvgIpc) is 2.95. The van der Waals surface area contributed by atoms with Crippen LogP contribution in [0.5, 0.6) is 0 Å². The second-order valence-corrected chi connectivity index (χ2v) is 5.67. The minimum atomic E-state index is -0.894. The van der Waals surface area contributed by atoms with E-state index in [4.69, 9.17) is 0 Å². The highest BCUT2D eigenvalue weighted by Gasteiger charge is 2.33. The molecule has 21 heavy (non-hydrogen) atoms. The zero-order valence-corrected chi connectivity index (χ0v) is 12.4. The predicted octanol–water partition coefficient (Wildman–Crippen LogP) is 3.69. The van der Waals surface area contributed by atoms with Crippen LogP contribution in [0.4, 0.5) is 4.39 Å². The molecule has 1 aliphatic rings. The summed E-state index contributed by atoms with van der Waals surface area (Å²) >= 11 is 0. The van der Waals surface area contributed by atoms with Crippen molar-refractivity contribution in [1.29, 1.82) is 0 Å². The Kier molecular flexibility index (Phi) is 5.12. The van der Waals surface area contributed by atoms with E-state index in [9.17, 15) is 14.3 Å². The molecular weight excluding hydrogens is 269 g/mol. The van der Waals surface area contributed by atoms with Crippen molar-refractivity contribution in [3.63, 3.8) is 0 Å². The minimum absolute atomic E-state index is 0.259. The molecule has 1 aliphatic carbocycles. The lowest BCUT2D eigenvalue weighted by atomic mass is 10.00. The third-order valence-corrected chi connectivity index (χ3v) is 4.20. The summed E-state index contributed by atoms with van der Waals surface area (Å²) in [5.74, 6) is -1.20. The van der Waals surface area contributed by atoms with E-state index in [0.29, 0.717) is 17.7 Å². The summed E-state index contributed by atoms with van der Waals surface area (Å²) in [6.45, 7) is 5.93. The maximum absolute atomic E-state index is 13.4. The molecular formula is C17H22FNO2. The molecule has 1 N–H and O–H groups in total. The third-order valence-electron chi connectivity index (χ3n) is 4.20. The van der Waals surface area contributed by atoms with Crippen molar-refractivity contribution in [2.45, 2.75) is 44.7 Å². The van der Waals surface area contributed by atoms with Gasteiger partial charge in [0.1, 0.15) is 11.9 Å². The van der Waals surface area contributed by atoms with Gasteiger partial charge in [0.2, 0.25) is 0 Å². The number of carboxylic acid groups (broad SMARTS) is 1. The lowest BCUT2D eigenvalue weighted by Crippen LogP contribution is -2.40. The zero-order valence-electron chi connectivity index (χ0n) is 12.4. The van der Waals surface area contributed by atoms with Crippen LogP contribution in [0.2, 0.25) is 0 Å². The molecule has 0 bridgehead atoms. The molecule has 0 aromatic heterocycles. The third kappa shape index (κ3) is 3.50. The number of rotatable bonds is 6. The predicted molar refractivity (Wildman–Crippen MR) is 80.7 cm³/mol. The van der Waals surface area contributed by atoms with Crippen molar-refractivity contribution in [3.8, 4) is 0 Å². The summed E-state index contributed by atoms with van der Waals surface area (Å²) in [6, 6.07) is 4.08. The van der Waals surface area contributed by atoms with Crippen molar-refractivity contribution in [1.82, 2.24) is 4.90 Å². The van der Waals surface area contributed by atoms with Crippen LogP contribution in [0.15, 0.2) is 30.9 Å². The van der Waals surface area contributed by atoms with E-state index in [1.807, 2.05) is 4.90 Å². The van der Waals surface area contributed by atoms with Crippen molar-refractivity contribution in [2.24, 2.45) is 0 Å². The molecule has 1 unspecified atom stereocenters. The minimum Gasteiger partial charge on any atom is -0.480 e. The van der Waals surface area contributed by atoms with E-state index >= 15 is 0 Å². The fraction of sp³-hybridized carbons (Fsp3) is 0.471. The molecule has 4 heteroatoms. The fourth-order valence-corrected chi connectivity index (χ4v) is 3.16. The van der Waals surface area contributed by atoms with Crippen molar-refractivity contribution in [2.75, 3.05) is 6.54 Å². The van der Waals surface area contributed by atoms with Crippen LogP contribution in [-0.4, -0.2) is 28.6 Å². The smallest absolute Gasteiger partial charge is 0.325 e. The molecule has 2 rings (SSSR count). The Balaban J connectivity index is 2.36. The first kappa shape index (κ1) is 15.7. The number of aryl methyl sites for hydroxylation is 1. The van der Waals surface area contributed by atoms with Crippen LogP contribution >= 0.6 is 0 Å². The molecule has 1 saturated carbocycles. The first-order valence-electron chi connectivity index (χ1n) is 7.40. The highest BCUT2D eigenvalue weighted by molar-refractivity contribution is 5.75. The molecule has 0 aliphatic heterocycles. The van der Waals surface area contributed by atoms with Crippen LogP contribution in [0, 0.1) is 12.7 Å². The Morgan fingerprint density at radius 1 is 1.52 bits per heavy atom. The number of carboxylic acids is 1. The maximum Gasteiger partial charge on any atom is 0.325 e. The summed E-state index contributed by atoms with van der Waals surface area (Å²) in [5.41, 5.74) is 1.11. The number of nitrogens with zero attached hydrogens (tertiary/aromatic N) is 1. The van der Waals surface area contributed by atoms with Crippen LogP contribution in [0.1, 0.15) is 42.9 Å². The number of aliphatic carboxylic acids is 1. The summed E-state index contributed by atoms with van der Waals surface area (Å²) in [7, 11) is 0. The number of benzene rings is 1. The van der Waals surface area contributed by atoms with Gasteiger partial charge in [0, 0.05) is 12.6 Å². The second-order valence-electron chi connectivity index (χ2n) is 5.67. The highest BCUT2D eigenvalue weighted by Crippen LogP contribution is 2.32. The lowest BCUT2D eigenvalue weighted by molar-refractivity contribution is -0.144. The van der Waals surface area contributed by atoms with Gasteiger partial charge in [0.05, 0.1) is 0 Å². The van der Waals surface area contributed by atoms with Gasteiger partial charge in [0.25, 0.3) is 0 Å². The molecule has 1 fully saturated rings. The van der Waals surface area contributed by atoms with Crippen molar-refractivity contribution >= 4 is 5.97 Å². The van der Waals surface area contributed by atoms with E-state index < -0.39 is 12.0 Å². The molecule has 0 amide bonds. The largest absolute Gasteiger partial charge is 0.480 e. The monoisotopic (exact) mass is 291 g/mol. The lowest BCUT2D eigenvalue weighted by Gasteiger charge is -2.33. The summed E-state index contributed by atoms with van der Waals surface area (Å²) in [4.78, 5) is 13.8. The standard InChI is InChI=1S/C17H22FNO2/c1-3-10-19(14-6-4-5-7-14)16(17(20)21)13-8-9-15(18)12(2)11-13/h3,8-9,11,14,16H,1,4-7,10H2,2H3,(H,20,21). The SMILES string of the molecule is C=CCN(C1CCCC1)C(C(=O)O)c1ccc(F)c(C)c1. The number of halogens is 1. The molecule has 1 aromatic rings. The van der Waals surface area contributed by atoms with E-state index in [0.717, 1.165) is 25.7 Å². The second kappa shape index (κ2) is 6.85. The Morgan fingerprint density at radius 3 is 2.71 bits per heavy atom. The van der Waals surface area contributed by atoms with Crippen molar-refractivity contribution in [3.05, 3.63) is 47.8 Å². The van der Waals surface area contributed by atoms with Gasteiger partial charge >= 0.3 is 5.97 Å². The van der Waals surface area contributed by atoms with Gasteiger partial charge in [-0.1, -0.05) is 31.1 Å². The number of hydrogen-bond acceptors (Lipinski definition) is 2. The molecule has 0 spiro atoms. The van der Waals surface area contributed by atoms with Gasteiger partial charge in [-0.2, -0.15) is 0 Å². The summed E-state index contributed by atoms with van der Waals surface area (Å²) in [5, 5.41) is 9.67. The van der Waals surface area contributed by atoms with Gasteiger partial charge in [-0.25, -0.2) is 4.39 Å².